The minimum Gasteiger partial charge on any atom is -0.462 e. The molecule has 0 radical (unpaired) electrons. The first-order valence-corrected chi connectivity index (χ1v) is 8.61. The van der Waals surface area contributed by atoms with Crippen LogP contribution in [-0.2, 0) is 14.3 Å². The average molecular weight is 384 g/mol. The van der Waals surface area contributed by atoms with Gasteiger partial charge in [0, 0.05) is 19.3 Å². The number of ether oxygens (including phenoxy) is 2. The van der Waals surface area contributed by atoms with Crippen LogP contribution in [0, 0.1) is 0 Å². The number of pyridine rings is 1. The molecule has 1 saturated heterocycles. The summed E-state index contributed by atoms with van der Waals surface area (Å²) in [6.07, 6.45) is 0.773. The Labute approximate surface area is 157 Å². The molecule has 0 bridgehead atoms. The highest BCUT2D eigenvalue weighted by molar-refractivity contribution is 6.33. The minimum absolute atomic E-state index is 0.132. The smallest absolute Gasteiger partial charge is 0.410 e. The zero-order valence-corrected chi connectivity index (χ0v) is 16.0. The number of carbonyl (C=O) groups is 3. The molecule has 8 nitrogen and oxygen atoms in total. The molecule has 1 aromatic rings. The largest absolute Gasteiger partial charge is 0.462 e. The number of esters is 1. The van der Waals surface area contributed by atoms with Crippen LogP contribution in [0.3, 0.4) is 0 Å². The molecule has 26 heavy (non-hydrogen) atoms. The van der Waals surface area contributed by atoms with Crippen molar-refractivity contribution in [3.63, 3.8) is 0 Å². The van der Waals surface area contributed by atoms with Crippen LogP contribution in [-0.4, -0.2) is 59.7 Å². The highest BCUT2D eigenvalue weighted by Gasteiger charge is 2.32. The third-order valence-corrected chi connectivity index (χ3v) is 3.74. The van der Waals surface area contributed by atoms with Crippen molar-refractivity contribution >= 4 is 35.4 Å². The van der Waals surface area contributed by atoms with Crippen LogP contribution in [0.15, 0.2) is 12.3 Å². The van der Waals surface area contributed by atoms with E-state index in [4.69, 9.17) is 21.1 Å². The summed E-state index contributed by atoms with van der Waals surface area (Å²) in [6.45, 7) is 7.61. The summed E-state index contributed by atoms with van der Waals surface area (Å²) in [5.74, 6) is -0.622. The number of nitrogens with zero attached hydrogens (tertiary/aromatic N) is 3. The van der Waals surface area contributed by atoms with Crippen LogP contribution in [0.5, 0.6) is 0 Å². The molecule has 2 rings (SSSR count). The van der Waals surface area contributed by atoms with Gasteiger partial charge in [-0.3, -0.25) is 14.6 Å². The van der Waals surface area contributed by atoms with Gasteiger partial charge in [-0.15, -0.1) is 0 Å². The Balaban J connectivity index is 2.09. The van der Waals surface area contributed by atoms with Crippen LogP contribution in [0.4, 0.5) is 10.6 Å². The van der Waals surface area contributed by atoms with E-state index in [0.29, 0.717) is 0 Å². The Morgan fingerprint density at radius 3 is 2.54 bits per heavy atom. The van der Waals surface area contributed by atoms with E-state index in [1.165, 1.54) is 22.1 Å². The van der Waals surface area contributed by atoms with Crippen LogP contribution in [0.1, 0.15) is 38.1 Å². The van der Waals surface area contributed by atoms with E-state index in [9.17, 15) is 14.4 Å². The average Bonchev–Trinajstić information content (AvgIpc) is 2.53. The van der Waals surface area contributed by atoms with Gasteiger partial charge >= 0.3 is 12.1 Å². The normalized spacial score (nSPS) is 15.0. The Morgan fingerprint density at radius 1 is 1.31 bits per heavy atom. The maximum atomic E-state index is 12.4. The summed E-state index contributed by atoms with van der Waals surface area (Å²) in [6, 6.07) is 1.41. The molecule has 0 unspecified atom stereocenters. The number of halogens is 1. The van der Waals surface area contributed by atoms with E-state index in [-0.39, 0.29) is 48.6 Å². The number of amides is 2. The van der Waals surface area contributed by atoms with Gasteiger partial charge in [0.1, 0.15) is 12.1 Å². The molecule has 0 spiro atoms. The third kappa shape index (κ3) is 4.85. The van der Waals surface area contributed by atoms with Crippen LogP contribution in [0.2, 0.25) is 5.02 Å². The predicted octanol–water partition coefficient (Wildman–Crippen LogP) is 2.50. The zero-order chi connectivity index (χ0) is 19.5. The molecule has 1 aromatic heterocycles. The van der Waals surface area contributed by atoms with Crippen molar-refractivity contribution in [1.82, 2.24) is 9.88 Å². The summed E-state index contributed by atoms with van der Waals surface area (Å²) in [7, 11) is 0. The fraction of sp³-hybridized carbons (Fsp3) is 0.529. The van der Waals surface area contributed by atoms with Crippen molar-refractivity contribution in [2.24, 2.45) is 0 Å². The predicted molar refractivity (Wildman–Crippen MR) is 95.4 cm³/mol. The zero-order valence-electron chi connectivity index (χ0n) is 15.2. The lowest BCUT2D eigenvalue weighted by Gasteiger charge is -2.34. The van der Waals surface area contributed by atoms with Gasteiger partial charge in [0.15, 0.2) is 5.82 Å². The molecule has 9 heteroatoms. The number of carbonyl (C=O) groups excluding carboxylic acids is 3. The molecule has 1 fully saturated rings. The summed E-state index contributed by atoms with van der Waals surface area (Å²) in [5, 5.41) is 0.162. The van der Waals surface area contributed by atoms with E-state index >= 15 is 0 Å². The van der Waals surface area contributed by atoms with E-state index in [0.717, 1.165) is 0 Å². The molecule has 1 aliphatic heterocycles. The van der Waals surface area contributed by atoms with Gasteiger partial charge in [0.2, 0.25) is 5.91 Å². The maximum Gasteiger partial charge on any atom is 0.410 e. The van der Waals surface area contributed by atoms with Gasteiger partial charge in [-0.05, 0) is 33.8 Å². The van der Waals surface area contributed by atoms with Crippen molar-refractivity contribution in [2.75, 3.05) is 31.1 Å². The van der Waals surface area contributed by atoms with Crippen molar-refractivity contribution in [1.29, 1.82) is 0 Å². The Morgan fingerprint density at radius 2 is 2.00 bits per heavy atom. The molecule has 142 valence electrons. The molecule has 2 amide bonds. The number of hydrogen-bond donors (Lipinski definition) is 0. The highest BCUT2D eigenvalue weighted by Crippen LogP contribution is 2.26. The fourth-order valence-corrected chi connectivity index (χ4v) is 2.60. The minimum atomic E-state index is -0.634. The molecule has 0 aromatic carbocycles. The molecule has 2 heterocycles. The molecule has 1 aliphatic rings. The number of aromatic nitrogens is 1. The third-order valence-electron chi connectivity index (χ3n) is 3.46. The second kappa shape index (κ2) is 7.90. The van der Waals surface area contributed by atoms with Gasteiger partial charge in [-0.2, -0.15) is 0 Å². The number of piperazine rings is 1. The van der Waals surface area contributed by atoms with Gasteiger partial charge in [-0.25, -0.2) is 14.6 Å². The Bertz CT molecular complexity index is 717. The molecule has 0 aliphatic carbocycles. The Kier molecular flexibility index (Phi) is 6.07. The first kappa shape index (κ1) is 20.0. The van der Waals surface area contributed by atoms with E-state index in [1.807, 2.05) is 0 Å². The summed E-state index contributed by atoms with van der Waals surface area (Å²) >= 11 is 6.19. The van der Waals surface area contributed by atoms with Crippen molar-refractivity contribution in [3.8, 4) is 0 Å². The number of hydrogen-bond acceptors (Lipinski definition) is 6. The molecule has 0 N–H and O–H groups in total. The van der Waals surface area contributed by atoms with Gasteiger partial charge < -0.3 is 9.47 Å². The summed E-state index contributed by atoms with van der Waals surface area (Å²) in [5.41, 5.74) is -0.425. The molecule has 0 saturated carbocycles. The fourth-order valence-electron chi connectivity index (χ4n) is 2.33. The SMILES string of the molecule is CCOC(=O)c1cnc(N2CCN(C(=O)OC(C)(C)C)CC2=O)c(Cl)c1. The van der Waals surface area contributed by atoms with Gasteiger partial charge in [-0.1, -0.05) is 11.6 Å². The van der Waals surface area contributed by atoms with Gasteiger partial charge in [0.05, 0.1) is 17.2 Å². The monoisotopic (exact) mass is 383 g/mol. The molecular formula is C17H22ClN3O5. The topological polar surface area (TPSA) is 89.0 Å². The van der Waals surface area contributed by atoms with Crippen molar-refractivity contribution in [3.05, 3.63) is 22.8 Å². The van der Waals surface area contributed by atoms with E-state index in [1.54, 1.807) is 27.7 Å². The quantitative estimate of drug-likeness (QED) is 0.745. The lowest BCUT2D eigenvalue weighted by molar-refractivity contribution is -0.121. The van der Waals surface area contributed by atoms with Crippen molar-refractivity contribution < 1.29 is 23.9 Å². The van der Waals surface area contributed by atoms with Crippen LogP contribution >= 0.6 is 11.6 Å². The van der Waals surface area contributed by atoms with Crippen molar-refractivity contribution in [2.45, 2.75) is 33.3 Å². The maximum absolute atomic E-state index is 12.4. The van der Waals surface area contributed by atoms with Gasteiger partial charge in [0.25, 0.3) is 0 Å². The highest BCUT2D eigenvalue weighted by atomic mass is 35.5. The first-order chi connectivity index (χ1) is 12.1. The molecular weight excluding hydrogens is 362 g/mol. The number of rotatable bonds is 3. The number of anilines is 1. The summed E-state index contributed by atoms with van der Waals surface area (Å²) < 4.78 is 10.2. The van der Waals surface area contributed by atoms with E-state index < -0.39 is 17.7 Å². The second-order valence-electron chi connectivity index (χ2n) is 6.70. The summed E-state index contributed by atoms with van der Waals surface area (Å²) in [4.78, 5) is 43.1. The van der Waals surface area contributed by atoms with Crippen LogP contribution in [0.25, 0.3) is 0 Å². The van der Waals surface area contributed by atoms with Crippen LogP contribution < -0.4 is 4.90 Å². The second-order valence-corrected chi connectivity index (χ2v) is 7.10. The lowest BCUT2D eigenvalue weighted by atomic mass is 10.2. The lowest BCUT2D eigenvalue weighted by Crippen LogP contribution is -2.53. The molecule has 0 atom stereocenters. The standard InChI is InChI=1S/C17H22ClN3O5/c1-5-25-15(23)11-8-12(18)14(19-9-11)21-7-6-20(10-13(21)22)16(24)26-17(2,3)4/h8-9H,5-7,10H2,1-4H3. The Hall–Kier alpha value is -2.35. The first-order valence-electron chi connectivity index (χ1n) is 8.23. The van der Waals surface area contributed by atoms with E-state index in [2.05, 4.69) is 4.98 Å².